The van der Waals surface area contributed by atoms with Crippen LogP contribution < -0.4 is 5.73 Å². The maximum absolute atomic E-state index is 14.2. The molecular weight excluding hydrogens is 271 g/mol. The third-order valence-electron chi connectivity index (χ3n) is 4.49. The lowest BCUT2D eigenvalue weighted by Crippen LogP contribution is -1.95. The van der Waals surface area contributed by atoms with Crippen LogP contribution in [0.3, 0.4) is 0 Å². The number of halogens is 1. The number of rotatable bonds is 3. The van der Waals surface area contributed by atoms with Crippen molar-refractivity contribution >= 4 is 16.5 Å². The Kier molecular flexibility index (Phi) is 3.09. The molecule has 0 unspecified atom stereocenters. The zero-order chi connectivity index (χ0) is 14.5. The second kappa shape index (κ2) is 4.55. The van der Waals surface area contributed by atoms with Crippen molar-refractivity contribution in [1.29, 1.82) is 0 Å². The Hall–Kier alpha value is -1.42. The van der Waals surface area contributed by atoms with E-state index in [2.05, 4.69) is 25.8 Å². The molecule has 2 N–H and O–H groups in total. The average Bonchev–Trinajstić information content (AvgIpc) is 2.75. The molecule has 0 aliphatic heterocycles. The SMILES string of the molecule is CCc1ccc(F)c([C@@H]2[C@@H](c3csc(N)n3)C2(C)C)c1. The number of benzene rings is 1. The van der Waals surface area contributed by atoms with Crippen LogP contribution in [0, 0.1) is 11.2 Å². The quantitative estimate of drug-likeness (QED) is 0.913. The average molecular weight is 290 g/mol. The van der Waals surface area contributed by atoms with Crippen molar-refractivity contribution in [2.24, 2.45) is 5.41 Å². The Morgan fingerprint density at radius 1 is 1.35 bits per heavy atom. The van der Waals surface area contributed by atoms with Gasteiger partial charge in [0.1, 0.15) is 5.82 Å². The Morgan fingerprint density at radius 3 is 2.70 bits per heavy atom. The Morgan fingerprint density at radius 2 is 2.10 bits per heavy atom. The molecule has 1 aliphatic carbocycles. The first-order valence-corrected chi connectivity index (χ1v) is 7.82. The minimum Gasteiger partial charge on any atom is -0.375 e. The fourth-order valence-electron chi connectivity index (χ4n) is 3.27. The number of aryl methyl sites for hydroxylation is 1. The molecule has 2 atom stereocenters. The van der Waals surface area contributed by atoms with Gasteiger partial charge in [-0.3, -0.25) is 0 Å². The Labute approximate surface area is 122 Å². The number of nitrogens with zero attached hydrogens (tertiary/aromatic N) is 1. The first-order chi connectivity index (χ1) is 9.45. The van der Waals surface area contributed by atoms with E-state index in [9.17, 15) is 4.39 Å². The molecule has 2 nitrogen and oxygen atoms in total. The monoisotopic (exact) mass is 290 g/mol. The zero-order valence-electron chi connectivity index (χ0n) is 12.0. The number of hydrogen-bond donors (Lipinski definition) is 1. The summed E-state index contributed by atoms with van der Waals surface area (Å²) in [7, 11) is 0. The van der Waals surface area contributed by atoms with E-state index in [1.165, 1.54) is 16.9 Å². The van der Waals surface area contributed by atoms with E-state index < -0.39 is 0 Å². The van der Waals surface area contributed by atoms with Gasteiger partial charge >= 0.3 is 0 Å². The molecule has 0 saturated heterocycles. The normalized spacial score (nSPS) is 23.8. The smallest absolute Gasteiger partial charge is 0.180 e. The van der Waals surface area contributed by atoms with Crippen LogP contribution in [-0.2, 0) is 6.42 Å². The van der Waals surface area contributed by atoms with E-state index in [-0.39, 0.29) is 23.1 Å². The highest BCUT2D eigenvalue weighted by Crippen LogP contribution is 2.70. The molecule has 106 valence electrons. The van der Waals surface area contributed by atoms with Crippen LogP contribution in [0.15, 0.2) is 23.6 Å². The van der Waals surface area contributed by atoms with Gasteiger partial charge in [0.2, 0.25) is 0 Å². The van der Waals surface area contributed by atoms with Gasteiger partial charge in [-0.25, -0.2) is 9.37 Å². The lowest BCUT2D eigenvalue weighted by molar-refractivity contribution is 0.570. The van der Waals surface area contributed by atoms with Crippen LogP contribution >= 0.6 is 11.3 Å². The van der Waals surface area contributed by atoms with Gasteiger partial charge in [-0.05, 0) is 29.0 Å². The number of thiazole rings is 1. The third kappa shape index (κ3) is 2.03. The summed E-state index contributed by atoms with van der Waals surface area (Å²) in [6.07, 6.45) is 0.925. The molecule has 0 bridgehead atoms. The van der Waals surface area contributed by atoms with Gasteiger partial charge in [0, 0.05) is 17.2 Å². The molecule has 4 heteroatoms. The lowest BCUT2D eigenvalue weighted by Gasteiger charge is -2.07. The first kappa shape index (κ1) is 13.6. The molecule has 1 heterocycles. The number of anilines is 1. The maximum Gasteiger partial charge on any atom is 0.180 e. The molecule has 20 heavy (non-hydrogen) atoms. The molecule has 1 saturated carbocycles. The van der Waals surface area contributed by atoms with Crippen LogP contribution in [0.2, 0.25) is 0 Å². The summed E-state index contributed by atoms with van der Waals surface area (Å²) in [6, 6.07) is 5.47. The van der Waals surface area contributed by atoms with E-state index >= 15 is 0 Å². The van der Waals surface area contributed by atoms with Crippen LogP contribution in [0.25, 0.3) is 0 Å². The van der Waals surface area contributed by atoms with Crippen molar-refractivity contribution < 1.29 is 4.39 Å². The lowest BCUT2D eigenvalue weighted by atomic mass is 10.00. The molecule has 0 spiro atoms. The van der Waals surface area contributed by atoms with E-state index in [1.807, 2.05) is 17.5 Å². The molecule has 1 aliphatic rings. The highest BCUT2D eigenvalue weighted by molar-refractivity contribution is 7.13. The summed E-state index contributed by atoms with van der Waals surface area (Å²) in [5, 5.41) is 2.59. The van der Waals surface area contributed by atoms with E-state index in [4.69, 9.17) is 5.73 Å². The fourth-order valence-corrected chi connectivity index (χ4v) is 3.86. The fraction of sp³-hybridized carbons (Fsp3) is 0.438. The van der Waals surface area contributed by atoms with Crippen molar-refractivity contribution in [1.82, 2.24) is 4.98 Å². The largest absolute Gasteiger partial charge is 0.375 e. The van der Waals surface area contributed by atoms with Gasteiger partial charge in [-0.2, -0.15) is 0 Å². The maximum atomic E-state index is 14.2. The highest BCUT2D eigenvalue weighted by Gasteiger charge is 2.60. The van der Waals surface area contributed by atoms with Crippen LogP contribution in [0.5, 0.6) is 0 Å². The van der Waals surface area contributed by atoms with E-state index in [0.29, 0.717) is 5.13 Å². The summed E-state index contributed by atoms with van der Waals surface area (Å²) in [5.41, 5.74) is 8.77. The van der Waals surface area contributed by atoms with Gasteiger partial charge in [0.05, 0.1) is 5.69 Å². The number of aromatic nitrogens is 1. The number of nitrogen functional groups attached to an aromatic ring is 1. The third-order valence-corrected chi connectivity index (χ3v) is 5.18. The van der Waals surface area contributed by atoms with Gasteiger partial charge in [0.15, 0.2) is 5.13 Å². The summed E-state index contributed by atoms with van der Waals surface area (Å²) in [5.74, 6) is 0.346. The first-order valence-electron chi connectivity index (χ1n) is 6.94. The topological polar surface area (TPSA) is 38.9 Å². The molecule has 1 aromatic carbocycles. The summed E-state index contributed by atoms with van der Waals surface area (Å²) in [6.45, 7) is 6.44. The summed E-state index contributed by atoms with van der Waals surface area (Å²) < 4.78 is 14.2. The molecule has 1 fully saturated rings. The minimum atomic E-state index is -0.106. The van der Waals surface area contributed by atoms with Crippen molar-refractivity contribution in [3.63, 3.8) is 0 Å². The predicted octanol–water partition coefficient (Wildman–Crippen LogP) is 4.33. The molecule has 1 aromatic heterocycles. The van der Waals surface area contributed by atoms with E-state index in [1.54, 1.807) is 6.07 Å². The summed E-state index contributed by atoms with van der Waals surface area (Å²) >= 11 is 1.46. The van der Waals surface area contributed by atoms with Gasteiger partial charge in [-0.15, -0.1) is 11.3 Å². The van der Waals surface area contributed by atoms with E-state index in [0.717, 1.165) is 17.7 Å². The van der Waals surface area contributed by atoms with Crippen LogP contribution in [-0.4, -0.2) is 4.98 Å². The summed E-state index contributed by atoms with van der Waals surface area (Å²) in [4.78, 5) is 4.39. The predicted molar refractivity (Wildman–Crippen MR) is 81.6 cm³/mol. The van der Waals surface area contributed by atoms with Gasteiger partial charge < -0.3 is 5.73 Å². The molecule has 3 rings (SSSR count). The minimum absolute atomic E-state index is 0.0354. The van der Waals surface area contributed by atoms with Crippen molar-refractivity contribution in [3.05, 3.63) is 46.2 Å². The molecule has 0 amide bonds. The second-order valence-corrected chi connectivity index (χ2v) is 6.99. The zero-order valence-corrected chi connectivity index (χ0v) is 12.8. The second-order valence-electron chi connectivity index (χ2n) is 6.10. The highest BCUT2D eigenvalue weighted by atomic mass is 32.1. The van der Waals surface area contributed by atoms with Gasteiger partial charge in [-0.1, -0.05) is 32.9 Å². The van der Waals surface area contributed by atoms with Gasteiger partial charge in [0.25, 0.3) is 0 Å². The van der Waals surface area contributed by atoms with Crippen molar-refractivity contribution in [2.45, 2.75) is 39.0 Å². The van der Waals surface area contributed by atoms with Crippen LogP contribution in [0.1, 0.15) is 49.4 Å². The molecular formula is C16H19FN2S. The Bertz CT molecular complexity index is 648. The molecule has 0 radical (unpaired) electrons. The number of nitrogens with two attached hydrogens (primary N) is 1. The van der Waals surface area contributed by atoms with Crippen molar-refractivity contribution in [3.8, 4) is 0 Å². The Balaban J connectivity index is 1.99. The standard InChI is InChI=1S/C16H19FN2S/c1-4-9-5-6-11(17)10(7-9)13-14(16(13,2)3)12-8-20-15(18)19-12/h5-8,13-14H,4H2,1-3H3,(H2,18,19)/t13-,14-/m1/s1. The van der Waals surface area contributed by atoms with Crippen molar-refractivity contribution in [2.75, 3.05) is 5.73 Å². The van der Waals surface area contributed by atoms with Crippen LogP contribution in [0.4, 0.5) is 9.52 Å². The number of hydrogen-bond acceptors (Lipinski definition) is 3. The molecule has 2 aromatic rings.